The molecule has 3 aromatic carbocycles. The maximum atomic E-state index is 5.83. The van der Waals surface area contributed by atoms with Crippen LogP contribution in [0.1, 0.15) is 12.5 Å². The van der Waals surface area contributed by atoms with Crippen LogP contribution in [-0.4, -0.2) is 5.71 Å². The van der Waals surface area contributed by atoms with Gasteiger partial charge in [-0.15, -0.1) is 0 Å². The van der Waals surface area contributed by atoms with Crippen molar-refractivity contribution in [2.75, 3.05) is 0 Å². The summed E-state index contributed by atoms with van der Waals surface area (Å²) < 4.78 is 0. The number of hydrogen-bond acceptors (Lipinski definition) is 2. The summed E-state index contributed by atoms with van der Waals surface area (Å²) >= 11 is 5.83. The van der Waals surface area contributed by atoms with E-state index in [9.17, 15) is 0 Å². The Balaban J connectivity index is 1.83. The van der Waals surface area contributed by atoms with Gasteiger partial charge in [0.05, 0.1) is 5.71 Å². The Bertz CT molecular complexity index is 794. The van der Waals surface area contributed by atoms with Crippen molar-refractivity contribution in [1.82, 2.24) is 0 Å². The molecule has 2 nitrogen and oxygen atoms in total. The zero-order valence-electron chi connectivity index (χ0n) is 11.6. The predicted molar refractivity (Wildman–Crippen MR) is 88.2 cm³/mol. The molecule has 0 atom stereocenters. The molecule has 0 radical (unpaired) electrons. The van der Waals surface area contributed by atoms with Crippen LogP contribution in [-0.2, 0) is 0 Å². The van der Waals surface area contributed by atoms with Gasteiger partial charge in [0.1, 0.15) is 0 Å². The Labute approximate surface area is 128 Å². The number of nitrogens with zero attached hydrogens (tertiary/aromatic N) is 1. The van der Waals surface area contributed by atoms with Crippen LogP contribution >= 0.6 is 11.6 Å². The number of hydrogen-bond donors (Lipinski definition) is 0. The molecule has 0 bridgehead atoms. The SMILES string of the molecule is C/C(=N\Oc1ccc(Cl)cc1)c1ccc2ccccc2c1. The minimum atomic E-state index is 0.666. The van der Waals surface area contributed by atoms with Crippen LogP contribution in [0.4, 0.5) is 0 Å². The van der Waals surface area contributed by atoms with Crippen LogP contribution in [0.2, 0.25) is 5.02 Å². The molecule has 3 aromatic rings. The topological polar surface area (TPSA) is 21.6 Å². The second-order valence-electron chi connectivity index (χ2n) is 4.78. The largest absolute Gasteiger partial charge is 0.357 e. The molecule has 0 spiro atoms. The number of rotatable bonds is 3. The van der Waals surface area contributed by atoms with Crippen molar-refractivity contribution in [3.8, 4) is 5.75 Å². The van der Waals surface area contributed by atoms with Crippen molar-refractivity contribution in [1.29, 1.82) is 0 Å². The lowest BCUT2D eigenvalue weighted by molar-refractivity contribution is 0.341. The van der Waals surface area contributed by atoms with Crippen LogP contribution in [0, 0.1) is 0 Å². The van der Waals surface area contributed by atoms with Crippen molar-refractivity contribution >= 4 is 28.1 Å². The van der Waals surface area contributed by atoms with Gasteiger partial charge in [0.2, 0.25) is 0 Å². The molecule has 0 fully saturated rings. The van der Waals surface area contributed by atoms with E-state index < -0.39 is 0 Å². The molecule has 0 unspecified atom stereocenters. The number of fused-ring (bicyclic) bond motifs is 1. The molecule has 0 amide bonds. The first kappa shape index (κ1) is 13.7. The lowest BCUT2D eigenvalue weighted by Gasteiger charge is -2.04. The van der Waals surface area contributed by atoms with Crippen molar-refractivity contribution in [3.63, 3.8) is 0 Å². The van der Waals surface area contributed by atoms with Crippen LogP contribution in [0.25, 0.3) is 10.8 Å². The summed E-state index contributed by atoms with van der Waals surface area (Å²) in [6.07, 6.45) is 0. The molecule has 0 N–H and O–H groups in total. The molecule has 0 heterocycles. The molecule has 0 aromatic heterocycles. The fourth-order valence-corrected chi connectivity index (χ4v) is 2.21. The van der Waals surface area contributed by atoms with Gasteiger partial charge < -0.3 is 4.84 Å². The quantitative estimate of drug-likeness (QED) is 0.475. The minimum absolute atomic E-state index is 0.666. The maximum absolute atomic E-state index is 5.83. The third kappa shape index (κ3) is 3.23. The normalized spacial score (nSPS) is 11.6. The first-order valence-corrected chi connectivity index (χ1v) is 7.06. The Morgan fingerprint density at radius 1 is 0.905 bits per heavy atom. The first-order valence-electron chi connectivity index (χ1n) is 6.69. The van der Waals surface area contributed by atoms with Crippen molar-refractivity contribution in [3.05, 3.63) is 77.3 Å². The number of oxime groups is 1. The van der Waals surface area contributed by atoms with Gasteiger partial charge in [-0.2, -0.15) is 0 Å². The third-order valence-corrected chi connectivity index (χ3v) is 3.52. The fourth-order valence-electron chi connectivity index (χ4n) is 2.08. The monoisotopic (exact) mass is 295 g/mol. The standard InChI is InChI=1S/C18H14ClNO/c1-13(20-21-18-10-8-17(19)9-11-18)15-7-6-14-4-2-3-5-16(14)12-15/h2-12H,1H3/b20-13+. The summed E-state index contributed by atoms with van der Waals surface area (Å²) in [6, 6.07) is 21.6. The molecular formula is C18H14ClNO. The highest BCUT2D eigenvalue weighted by Gasteiger charge is 2.01. The van der Waals surface area contributed by atoms with Gasteiger partial charge in [-0.05, 0) is 53.6 Å². The Morgan fingerprint density at radius 2 is 1.62 bits per heavy atom. The van der Waals surface area contributed by atoms with Gasteiger partial charge in [0.15, 0.2) is 5.75 Å². The molecule has 3 rings (SSSR count). The van der Waals surface area contributed by atoms with E-state index in [4.69, 9.17) is 16.4 Å². The summed E-state index contributed by atoms with van der Waals surface area (Å²) in [6.45, 7) is 1.93. The maximum Gasteiger partial charge on any atom is 0.158 e. The van der Waals surface area contributed by atoms with E-state index in [1.165, 1.54) is 10.8 Å². The minimum Gasteiger partial charge on any atom is -0.357 e. The van der Waals surface area contributed by atoms with Crippen LogP contribution < -0.4 is 4.84 Å². The van der Waals surface area contributed by atoms with E-state index in [0.717, 1.165) is 11.3 Å². The van der Waals surface area contributed by atoms with Gasteiger partial charge in [-0.1, -0.05) is 53.2 Å². The van der Waals surface area contributed by atoms with E-state index >= 15 is 0 Å². The third-order valence-electron chi connectivity index (χ3n) is 3.27. The summed E-state index contributed by atoms with van der Waals surface area (Å²) in [7, 11) is 0. The van der Waals surface area contributed by atoms with E-state index in [0.29, 0.717) is 10.8 Å². The molecule has 0 saturated carbocycles. The second-order valence-corrected chi connectivity index (χ2v) is 5.22. The molecule has 0 aliphatic carbocycles. The van der Waals surface area contributed by atoms with Crippen molar-refractivity contribution in [2.45, 2.75) is 6.92 Å². The van der Waals surface area contributed by atoms with E-state index in [1.54, 1.807) is 24.3 Å². The van der Waals surface area contributed by atoms with E-state index in [1.807, 2.05) is 25.1 Å². The zero-order valence-corrected chi connectivity index (χ0v) is 12.3. The molecule has 3 heteroatoms. The molecule has 0 saturated heterocycles. The zero-order chi connectivity index (χ0) is 14.7. The van der Waals surface area contributed by atoms with Crippen molar-refractivity contribution in [2.24, 2.45) is 5.16 Å². The van der Waals surface area contributed by atoms with E-state index in [-0.39, 0.29) is 0 Å². The molecule has 0 aliphatic rings. The summed E-state index contributed by atoms with van der Waals surface area (Å²) in [5.41, 5.74) is 1.87. The van der Waals surface area contributed by atoms with Crippen LogP contribution in [0.15, 0.2) is 71.9 Å². The summed E-state index contributed by atoms with van der Waals surface area (Å²) in [4.78, 5) is 5.42. The highest BCUT2D eigenvalue weighted by atomic mass is 35.5. The highest BCUT2D eigenvalue weighted by molar-refractivity contribution is 6.30. The summed E-state index contributed by atoms with van der Waals surface area (Å²) in [5, 5.41) is 7.26. The smallest absolute Gasteiger partial charge is 0.158 e. The summed E-state index contributed by atoms with van der Waals surface area (Å²) in [5.74, 6) is 0.666. The van der Waals surface area contributed by atoms with Gasteiger partial charge in [0.25, 0.3) is 0 Å². The fraction of sp³-hybridized carbons (Fsp3) is 0.0556. The predicted octanol–water partition coefficient (Wildman–Crippen LogP) is 5.30. The average molecular weight is 296 g/mol. The number of benzene rings is 3. The Morgan fingerprint density at radius 3 is 2.38 bits per heavy atom. The first-order chi connectivity index (χ1) is 10.2. The average Bonchev–Trinajstić information content (AvgIpc) is 2.53. The Hall–Kier alpha value is -2.32. The molecule has 21 heavy (non-hydrogen) atoms. The van der Waals surface area contributed by atoms with Gasteiger partial charge in [0, 0.05) is 5.02 Å². The van der Waals surface area contributed by atoms with E-state index in [2.05, 4.69) is 29.4 Å². The molecule has 104 valence electrons. The lowest BCUT2D eigenvalue weighted by atomic mass is 10.0. The van der Waals surface area contributed by atoms with Crippen LogP contribution in [0.3, 0.4) is 0 Å². The van der Waals surface area contributed by atoms with Gasteiger partial charge in [-0.3, -0.25) is 0 Å². The van der Waals surface area contributed by atoms with Crippen molar-refractivity contribution < 1.29 is 4.84 Å². The highest BCUT2D eigenvalue weighted by Crippen LogP contribution is 2.18. The molecule has 0 aliphatic heterocycles. The molecular weight excluding hydrogens is 282 g/mol. The van der Waals surface area contributed by atoms with Gasteiger partial charge >= 0.3 is 0 Å². The number of halogens is 1. The van der Waals surface area contributed by atoms with Gasteiger partial charge in [-0.25, -0.2) is 0 Å². The Kier molecular flexibility index (Phi) is 3.89. The lowest BCUT2D eigenvalue weighted by Crippen LogP contribution is -1.97. The van der Waals surface area contributed by atoms with Crippen LogP contribution in [0.5, 0.6) is 5.75 Å². The second kappa shape index (κ2) is 5.98.